The lowest BCUT2D eigenvalue weighted by molar-refractivity contribution is 0.628. The Morgan fingerprint density at radius 3 is 2.32 bits per heavy atom. The maximum absolute atomic E-state index is 12.7. The molecule has 0 aliphatic rings. The summed E-state index contributed by atoms with van der Waals surface area (Å²) in [4.78, 5) is 4.21. The highest BCUT2D eigenvalue weighted by molar-refractivity contribution is 5.49. The summed E-state index contributed by atoms with van der Waals surface area (Å²) in [6, 6.07) is 12.3. The molecule has 0 atom stereocenters. The number of rotatable bonds is 5. The van der Waals surface area contributed by atoms with E-state index in [0.717, 1.165) is 24.1 Å². The normalized spacial score (nSPS) is 11.4. The molecule has 1 nitrogen and oxygen atoms in total. The Morgan fingerprint density at radius 2 is 1.63 bits per heavy atom. The molecule has 19 heavy (non-hydrogen) atoms. The zero-order valence-electron chi connectivity index (χ0n) is 10.7. The number of hydrogen-bond acceptors (Lipinski definition) is 1. The third-order valence-electron chi connectivity index (χ3n) is 2.66. The van der Waals surface area contributed by atoms with Gasteiger partial charge < -0.3 is 0 Å². The Kier molecular flexibility index (Phi) is 5.06. The molecule has 2 rings (SSSR count). The first-order valence-corrected chi connectivity index (χ1v) is 6.34. The van der Waals surface area contributed by atoms with Gasteiger partial charge in [-0.05, 0) is 48.7 Å². The largest absolute Gasteiger partial charge is 0.257 e. The molecule has 0 radical (unpaired) electrons. The van der Waals surface area contributed by atoms with Gasteiger partial charge in [0, 0.05) is 6.20 Å². The van der Waals surface area contributed by atoms with Gasteiger partial charge in [0.1, 0.15) is 5.82 Å². The summed E-state index contributed by atoms with van der Waals surface area (Å²) < 4.78 is 12.7. The molecule has 0 aliphatic carbocycles. The summed E-state index contributed by atoms with van der Waals surface area (Å²) in [5, 5.41) is 0. The molecule has 0 unspecified atom stereocenters. The number of hydrogen-bond donors (Lipinski definition) is 0. The van der Waals surface area contributed by atoms with Crippen molar-refractivity contribution < 1.29 is 4.39 Å². The van der Waals surface area contributed by atoms with Gasteiger partial charge in [-0.25, -0.2) is 4.39 Å². The fourth-order valence-corrected chi connectivity index (χ4v) is 1.66. The predicted octanol–water partition coefficient (Wildman–Crippen LogP) is 4.73. The average molecular weight is 253 g/mol. The van der Waals surface area contributed by atoms with E-state index in [9.17, 15) is 4.39 Å². The standard InChI is InChI=1S/C17H16FN/c18-16-12-10-15(11-13-16)7-3-1-2-4-8-17-9-5-6-14-19-17/h3-14H,1-2H2. The smallest absolute Gasteiger partial charge is 0.123 e. The first-order valence-electron chi connectivity index (χ1n) is 6.34. The van der Waals surface area contributed by atoms with Crippen molar-refractivity contribution >= 4 is 12.2 Å². The molecule has 0 spiro atoms. The second-order valence-corrected chi connectivity index (χ2v) is 4.19. The topological polar surface area (TPSA) is 12.9 Å². The molecule has 0 saturated heterocycles. The van der Waals surface area contributed by atoms with Crippen molar-refractivity contribution in [2.75, 3.05) is 0 Å². The highest BCUT2D eigenvalue weighted by Crippen LogP contribution is 2.06. The summed E-state index contributed by atoms with van der Waals surface area (Å²) in [6.07, 6.45) is 11.9. The second-order valence-electron chi connectivity index (χ2n) is 4.19. The van der Waals surface area contributed by atoms with Gasteiger partial charge in [-0.2, -0.15) is 0 Å². The van der Waals surface area contributed by atoms with Gasteiger partial charge in [0.25, 0.3) is 0 Å². The van der Waals surface area contributed by atoms with E-state index >= 15 is 0 Å². The van der Waals surface area contributed by atoms with Gasteiger partial charge in [0.05, 0.1) is 5.69 Å². The first-order chi connectivity index (χ1) is 9.34. The zero-order chi connectivity index (χ0) is 13.3. The minimum atomic E-state index is -0.199. The van der Waals surface area contributed by atoms with E-state index in [1.165, 1.54) is 12.1 Å². The van der Waals surface area contributed by atoms with Crippen molar-refractivity contribution in [2.24, 2.45) is 0 Å². The summed E-state index contributed by atoms with van der Waals surface area (Å²) in [7, 11) is 0. The van der Waals surface area contributed by atoms with Gasteiger partial charge >= 0.3 is 0 Å². The van der Waals surface area contributed by atoms with Crippen LogP contribution >= 0.6 is 0 Å². The molecule has 2 heteroatoms. The second kappa shape index (κ2) is 7.27. The van der Waals surface area contributed by atoms with Crippen LogP contribution in [0.25, 0.3) is 12.2 Å². The van der Waals surface area contributed by atoms with Crippen LogP contribution in [0.4, 0.5) is 4.39 Å². The van der Waals surface area contributed by atoms with E-state index in [2.05, 4.69) is 17.1 Å². The predicted molar refractivity (Wildman–Crippen MR) is 77.9 cm³/mol. The summed E-state index contributed by atoms with van der Waals surface area (Å²) in [5.41, 5.74) is 2.00. The fraction of sp³-hybridized carbons (Fsp3) is 0.118. The monoisotopic (exact) mass is 253 g/mol. The third-order valence-corrected chi connectivity index (χ3v) is 2.66. The Morgan fingerprint density at radius 1 is 0.895 bits per heavy atom. The molecule has 0 fully saturated rings. The van der Waals surface area contributed by atoms with Gasteiger partial charge in [-0.1, -0.05) is 36.4 Å². The van der Waals surface area contributed by atoms with Crippen LogP contribution < -0.4 is 0 Å². The minimum Gasteiger partial charge on any atom is -0.257 e. The van der Waals surface area contributed by atoms with E-state index in [0.29, 0.717) is 0 Å². The molecule has 0 amide bonds. The van der Waals surface area contributed by atoms with Gasteiger partial charge in [-0.15, -0.1) is 0 Å². The number of pyridine rings is 1. The van der Waals surface area contributed by atoms with Crippen LogP contribution in [0.15, 0.2) is 60.8 Å². The molecular formula is C17H16FN. The lowest BCUT2D eigenvalue weighted by Gasteiger charge is -1.93. The lowest BCUT2D eigenvalue weighted by atomic mass is 10.2. The highest BCUT2D eigenvalue weighted by atomic mass is 19.1. The van der Waals surface area contributed by atoms with E-state index in [1.54, 1.807) is 18.3 Å². The Bertz CT molecular complexity index is 541. The molecule has 1 aromatic carbocycles. The van der Waals surface area contributed by atoms with Gasteiger partial charge in [-0.3, -0.25) is 4.98 Å². The molecule has 2 aromatic rings. The van der Waals surface area contributed by atoms with Crippen molar-refractivity contribution in [3.05, 3.63) is 77.9 Å². The SMILES string of the molecule is Fc1ccc(C=CCCC=Cc2ccccn2)cc1. The van der Waals surface area contributed by atoms with E-state index < -0.39 is 0 Å². The van der Waals surface area contributed by atoms with E-state index in [1.807, 2.05) is 30.4 Å². The zero-order valence-corrected chi connectivity index (χ0v) is 10.7. The first kappa shape index (κ1) is 13.2. The molecule has 0 N–H and O–H groups in total. The van der Waals surface area contributed by atoms with Crippen LogP contribution in [-0.2, 0) is 0 Å². The number of benzene rings is 1. The van der Waals surface area contributed by atoms with Crippen LogP contribution in [-0.4, -0.2) is 4.98 Å². The quantitative estimate of drug-likeness (QED) is 0.702. The molecule has 0 aliphatic heterocycles. The number of unbranched alkanes of at least 4 members (excludes halogenated alkanes) is 1. The van der Waals surface area contributed by atoms with Crippen LogP contribution in [0, 0.1) is 5.82 Å². The van der Waals surface area contributed by atoms with Crippen LogP contribution in [0.2, 0.25) is 0 Å². The number of halogens is 1. The van der Waals surface area contributed by atoms with Crippen molar-refractivity contribution in [2.45, 2.75) is 12.8 Å². The van der Waals surface area contributed by atoms with Crippen LogP contribution in [0.1, 0.15) is 24.1 Å². The summed E-state index contributed by atoms with van der Waals surface area (Å²) in [6.45, 7) is 0. The molecule has 1 heterocycles. The molecule has 0 saturated carbocycles. The number of aromatic nitrogens is 1. The highest BCUT2D eigenvalue weighted by Gasteiger charge is 1.88. The van der Waals surface area contributed by atoms with Crippen molar-refractivity contribution in [1.29, 1.82) is 0 Å². The Labute approximate surface area is 113 Å². The maximum Gasteiger partial charge on any atom is 0.123 e. The van der Waals surface area contributed by atoms with Crippen molar-refractivity contribution in [1.82, 2.24) is 4.98 Å². The number of nitrogens with zero attached hydrogens (tertiary/aromatic N) is 1. The van der Waals surface area contributed by atoms with Crippen LogP contribution in [0.3, 0.4) is 0 Å². The maximum atomic E-state index is 12.7. The molecule has 0 bridgehead atoms. The third kappa shape index (κ3) is 4.88. The Hall–Kier alpha value is -2.22. The van der Waals surface area contributed by atoms with Gasteiger partial charge in [0.15, 0.2) is 0 Å². The molecule has 1 aromatic heterocycles. The summed E-state index contributed by atoms with van der Waals surface area (Å²) in [5.74, 6) is -0.199. The lowest BCUT2D eigenvalue weighted by Crippen LogP contribution is -1.76. The minimum absolute atomic E-state index is 0.199. The van der Waals surface area contributed by atoms with E-state index in [4.69, 9.17) is 0 Å². The average Bonchev–Trinajstić information content (AvgIpc) is 2.46. The van der Waals surface area contributed by atoms with Crippen molar-refractivity contribution in [3.8, 4) is 0 Å². The number of allylic oxidation sites excluding steroid dienone is 2. The van der Waals surface area contributed by atoms with Crippen LogP contribution in [0.5, 0.6) is 0 Å². The van der Waals surface area contributed by atoms with Gasteiger partial charge in [0.2, 0.25) is 0 Å². The molecular weight excluding hydrogens is 237 g/mol. The van der Waals surface area contributed by atoms with E-state index in [-0.39, 0.29) is 5.82 Å². The molecule has 96 valence electrons. The summed E-state index contributed by atoms with van der Waals surface area (Å²) >= 11 is 0. The fourth-order valence-electron chi connectivity index (χ4n) is 1.66. The Balaban J connectivity index is 1.75. The van der Waals surface area contributed by atoms with Crippen molar-refractivity contribution in [3.63, 3.8) is 0 Å².